The lowest BCUT2D eigenvalue weighted by Crippen LogP contribution is -2.24. The highest BCUT2D eigenvalue weighted by Crippen LogP contribution is 2.13. The summed E-state index contributed by atoms with van der Waals surface area (Å²) in [7, 11) is 0. The van der Waals surface area contributed by atoms with Gasteiger partial charge in [0.25, 0.3) is 0 Å². The minimum atomic E-state index is -0.972. The molecule has 0 saturated carbocycles. The van der Waals surface area contributed by atoms with Crippen LogP contribution in [0.3, 0.4) is 0 Å². The first-order valence-electron chi connectivity index (χ1n) is 10.7. The Kier molecular flexibility index (Phi) is 18.3. The van der Waals surface area contributed by atoms with E-state index in [2.05, 4.69) is 19.1 Å². The fraction of sp³-hybridized carbons (Fsp3) is 0.864. The molecule has 26 heavy (non-hydrogen) atoms. The third kappa shape index (κ3) is 16.6. The van der Waals surface area contributed by atoms with Crippen LogP contribution in [0.2, 0.25) is 0 Å². The standard InChI is InChI=1S/C22H42O4/c1-3-4-5-6-7-8-9-10-11-12-13-14-15-16-17-20(2)22(25)26-19-21(24)18-23/h10-11,20-21,23-24H,3-9,12-19H2,1-2H3/b11-10-. The fourth-order valence-corrected chi connectivity index (χ4v) is 2.84. The van der Waals surface area contributed by atoms with Gasteiger partial charge < -0.3 is 14.9 Å². The van der Waals surface area contributed by atoms with Crippen molar-refractivity contribution in [2.45, 2.75) is 103 Å². The molecule has 0 aliphatic rings. The first-order valence-corrected chi connectivity index (χ1v) is 10.7. The van der Waals surface area contributed by atoms with E-state index >= 15 is 0 Å². The average Bonchev–Trinajstić information content (AvgIpc) is 2.65. The summed E-state index contributed by atoms with van der Waals surface area (Å²) in [5.74, 6) is -0.423. The zero-order chi connectivity index (χ0) is 19.5. The molecular formula is C22H42O4. The van der Waals surface area contributed by atoms with Crippen molar-refractivity contribution in [2.24, 2.45) is 5.92 Å². The molecule has 4 nitrogen and oxygen atoms in total. The highest BCUT2D eigenvalue weighted by atomic mass is 16.5. The van der Waals surface area contributed by atoms with E-state index in [1.165, 1.54) is 57.8 Å². The molecule has 154 valence electrons. The molecule has 2 atom stereocenters. The van der Waals surface area contributed by atoms with Crippen molar-refractivity contribution in [3.8, 4) is 0 Å². The first-order chi connectivity index (χ1) is 12.6. The number of ether oxygens (including phenoxy) is 1. The maximum Gasteiger partial charge on any atom is 0.308 e. The Morgan fingerprint density at radius 1 is 0.923 bits per heavy atom. The Labute approximate surface area is 161 Å². The third-order valence-corrected chi connectivity index (χ3v) is 4.68. The molecule has 0 aliphatic heterocycles. The van der Waals surface area contributed by atoms with Crippen LogP contribution < -0.4 is 0 Å². The van der Waals surface area contributed by atoms with E-state index in [4.69, 9.17) is 14.9 Å². The summed E-state index contributed by atoms with van der Waals surface area (Å²) in [5.41, 5.74) is 0. The molecule has 0 bridgehead atoms. The van der Waals surface area contributed by atoms with E-state index in [0.717, 1.165) is 25.7 Å². The van der Waals surface area contributed by atoms with E-state index in [-0.39, 0.29) is 25.1 Å². The lowest BCUT2D eigenvalue weighted by atomic mass is 10.0. The van der Waals surface area contributed by atoms with E-state index < -0.39 is 6.10 Å². The maximum absolute atomic E-state index is 11.7. The van der Waals surface area contributed by atoms with E-state index in [0.29, 0.717) is 0 Å². The molecule has 0 aromatic heterocycles. The third-order valence-electron chi connectivity index (χ3n) is 4.68. The smallest absolute Gasteiger partial charge is 0.308 e. The van der Waals surface area contributed by atoms with Gasteiger partial charge in [-0.15, -0.1) is 0 Å². The maximum atomic E-state index is 11.7. The number of aliphatic hydroxyl groups is 2. The summed E-state index contributed by atoms with van der Waals surface area (Å²) in [5, 5.41) is 17.8. The van der Waals surface area contributed by atoms with Crippen LogP contribution in [0.5, 0.6) is 0 Å². The highest BCUT2D eigenvalue weighted by Gasteiger charge is 2.15. The van der Waals surface area contributed by atoms with Crippen molar-refractivity contribution in [1.29, 1.82) is 0 Å². The summed E-state index contributed by atoms with van der Waals surface area (Å²) in [4.78, 5) is 11.7. The van der Waals surface area contributed by atoms with Gasteiger partial charge in [-0.05, 0) is 32.1 Å². The monoisotopic (exact) mass is 370 g/mol. The molecule has 0 radical (unpaired) electrons. The van der Waals surface area contributed by atoms with Crippen LogP contribution in [0.4, 0.5) is 0 Å². The van der Waals surface area contributed by atoms with Crippen molar-refractivity contribution >= 4 is 5.97 Å². The predicted octanol–water partition coefficient (Wildman–Crippen LogP) is 5.17. The predicted molar refractivity (Wildman–Crippen MR) is 108 cm³/mol. The van der Waals surface area contributed by atoms with Crippen LogP contribution in [0.1, 0.15) is 97.3 Å². The Morgan fingerprint density at radius 2 is 1.46 bits per heavy atom. The molecule has 0 saturated heterocycles. The number of aliphatic hydroxyl groups excluding tert-OH is 2. The van der Waals surface area contributed by atoms with Crippen LogP contribution in [0.15, 0.2) is 12.2 Å². The molecule has 0 rings (SSSR count). The van der Waals surface area contributed by atoms with Gasteiger partial charge in [0.05, 0.1) is 12.5 Å². The van der Waals surface area contributed by atoms with Crippen molar-refractivity contribution in [1.82, 2.24) is 0 Å². The minimum Gasteiger partial charge on any atom is -0.463 e. The molecule has 0 fully saturated rings. The number of hydrogen-bond acceptors (Lipinski definition) is 4. The number of allylic oxidation sites excluding steroid dienone is 2. The van der Waals surface area contributed by atoms with Gasteiger partial charge in [0.15, 0.2) is 0 Å². The summed E-state index contributed by atoms with van der Waals surface area (Å²) in [6, 6.07) is 0. The molecule has 0 heterocycles. The van der Waals surface area contributed by atoms with Crippen LogP contribution in [0, 0.1) is 5.92 Å². The fourth-order valence-electron chi connectivity index (χ4n) is 2.84. The van der Waals surface area contributed by atoms with Crippen molar-refractivity contribution < 1.29 is 19.7 Å². The van der Waals surface area contributed by atoms with Crippen LogP contribution in [-0.4, -0.2) is 35.5 Å². The largest absolute Gasteiger partial charge is 0.463 e. The van der Waals surface area contributed by atoms with Crippen molar-refractivity contribution in [3.05, 3.63) is 12.2 Å². The Morgan fingerprint density at radius 3 is 2.04 bits per heavy atom. The van der Waals surface area contributed by atoms with Crippen LogP contribution in [0.25, 0.3) is 0 Å². The second-order valence-electron chi connectivity index (χ2n) is 7.39. The number of carbonyl (C=O) groups excluding carboxylic acids is 1. The molecule has 0 aliphatic carbocycles. The van der Waals surface area contributed by atoms with E-state index in [1.807, 2.05) is 6.92 Å². The van der Waals surface area contributed by atoms with Gasteiger partial charge in [-0.1, -0.05) is 77.4 Å². The van der Waals surface area contributed by atoms with Gasteiger partial charge in [-0.2, -0.15) is 0 Å². The summed E-state index contributed by atoms with van der Waals surface area (Å²) in [6.07, 6.45) is 19.6. The zero-order valence-electron chi connectivity index (χ0n) is 17.1. The lowest BCUT2D eigenvalue weighted by Gasteiger charge is -2.13. The second-order valence-corrected chi connectivity index (χ2v) is 7.39. The normalized spacial score (nSPS) is 13.8. The topological polar surface area (TPSA) is 66.8 Å². The second kappa shape index (κ2) is 18.9. The molecule has 0 amide bonds. The number of rotatable bonds is 18. The van der Waals surface area contributed by atoms with E-state index in [9.17, 15) is 4.79 Å². The van der Waals surface area contributed by atoms with Gasteiger partial charge in [-0.25, -0.2) is 0 Å². The quantitative estimate of drug-likeness (QED) is 0.198. The van der Waals surface area contributed by atoms with Gasteiger partial charge >= 0.3 is 5.97 Å². The Hall–Kier alpha value is -0.870. The number of esters is 1. The van der Waals surface area contributed by atoms with Crippen molar-refractivity contribution in [2.75, 3.05) is 13.2 Å². The van der Waals surface area contributed by atoms with Gasteiger partial charge in [0.2, 0.25) is 0 Å². The number of hydrogen-bond donors (Lipinski definition) is 2. The van der Waals surface area contributed by atoms with Gasteiger partial charge in [-0.3, -0.25) is 4.79 Å². The molecule has 0 aromatic carbocycles. The van der Waals surface area contributed by atoms with Crippen LogP contribution >= 0.6 is 0 Å². The summed E-state index contributed by atoms with van der Waals surface area (Å²) < 4.78 is 4.97. The first kappa shape index (κ1) is 25.1. The lowest BCUT2D eigenvalue weighted by molar-refractivity contribution is -0.151. The zero-order valence-corrected chi connectivity index (χ0v) is 17.1. The highest BCUT2D eigenvalue weighted by molar-refractivity contribution is 5.71. The molecular weight excluding hydrogens is 328 g/mol. The molecule has 0 spiro atoms. The number of carbonyl (C=O) groups is 1. The van der Waals surface area contributed by atoms with Crippen LogP contribution in [-0.2, 0) is 9.53 Å². The summed E-state index contributed by atoms with van der Waals surface area (Å²) >= 11 is 0. The number of unbranched alkanes of at least 4 members (excludes halogenated alkanes) is 10. The minimum absolute atomic E-state index is 0.120. The molecule has 0 aromatic rings. The summed E-state index contributed by atoms with van der Waals surface area (Å²) in [6.45, 7) is 3.61. The van der Waals surface area contributed by atoms with Gasteiger partial charge in [0, 0.05) is 0 Å². The molecule has 2 N–H and O–H groups in total. The average molecular weight is 371 g/mol. The van der Waals surface area contributed by atoms with E-state index in [1.54, 1.807) is 0 Å². The van der Waals surface area contributed by atoms with Gasteiger partial charge in [0.1, 0.15) is 12.7 Å². The molecule has 4 heteroatoms. The van der Waals surface area contributed by atoms with Crippen molar-refractivity contribution in [3.63, 3.8) is 0 Å². The SMILES string of the molecule is CCCCCCCC/C=C\CCCCCCC(C)C(=O)OCC(O)CO. The Balaban J connectivity index is 3.39. The molecule has 2 unspecified atom stereocenters. The Bertz CT molecular complexity index is 341.